The van der Waals surface area contributed by atoms with Gasteiger partial charge in [-0.05, 0) is 44.5 Å². The number of rotatable bonds is 5. The van der Waals surface area contributed by atoms with Crippen LogP contribution in [-0.4, -0.2) is 17.4 Å². The number of amides is 1. The average Bonchev–Trinajstić information content (AvgIpc) is 2.46. The van der Waals surface area contributed by atoms with Gasteiger partial charge in [-0.2, -0.15) is 0 Å². The van der Waals surface area contributed by atoms with E-state index in [1.807, 2.05) is 38.1 Å². The highest BCUT2D eigenvalue weighted by atomic mass is 16.1. The molecular weight excluding hydrogens is 262 g/mol. The topological polar surface area (TPSA) is 54.0 Å². The largest absolute Gasteiger partial charge is 0.384 e. The zero-order valence-electron chi connectivity index (χ0n) is 12.7. The minimum absolute atomic E-state index is 0.108. The molecule has 0 spiro atoms. The number of anilines is 2. The first-order valence-corrected chi connectivity index (χ1v) is 7.18. The Labute approximate surface area is 125 Å². The van der Waals surface area contributed by atoms with E-state index in [0.717, 1.165) is 35.6 Å². The van der Waals surface area contributed by atoms with Gasteiger partial charge < -0.3 is 10.6 Å². The molecule has 0 radical (unpaired) electrons. The van der Waals surface area contributed by atoms with Crippen LogP contribution in [0.3, 0.4) is 0 Å². The standard InChI is InChI=1S/C17H21N3O/c1-4-8-19-16-6-5-12(2)10-15(16)17(21)20-14-7-9-18-13(3)11-14/h5-7,9-11,19H,4,8H2,1-3H3,(H,18,20,21). The van der Waals surface area contributed by atoms with Crippen LogP contribution in [0.15, 0.2) is 36.5 Å². The minimum Gasteiger partial charge on any atom is -0.384 e. The number of aryl methyl sites for hydroxylation is 2. The summed E-state index contributed by atoms with van der Waals surface area (Å²) in [4.78, 5) is 16.6. The van der Waals surface area contributed by atoms with E-state index in [0.29, 0.717) is 5.56 Å². The molecular formula is C17H21N3O. The zero-order valence-corrected chi connectivity index (χ0v) is 12.7. The van der Waals surface area contributed by atoms with Gasteiger partial charge in [-0.1, -0.05) is 18.6 Å². The van der Waals surface area contributed by atoms with Crippen molar-refractivity contribution < 1.29 is 4.79 Å². The second kappa shape index (κ2) is 6.88. The minimum atomic E-state index is -0.108. The summed E-state index contributed by atoms with van der Waals surface area (Å²) in [5.74, 6) is -0.108. The summed E-state index contributed by atoms with van der Waals surface area (Å²) in [5, 5.41) is 6.22. The van der Waals surface area contributed by atoms with Gasteiger partial charge in [0.2, 0.25) is 0 Å². The fourth-order valence-electron chi connectivity index (χ4n) is 2.08. The van der Waals surface area contributed by atoms with Crippen LogP contribution in [0.1, 0.15) is 35.0 Å². The summed E-state index contributed by atoms with van der Waals surface area (Å²) in [6.07, 6.45) is 2.70. The molecule has 4 heteroatoms. The quantitative estimate of drug-likeness (QED) is 0.878. The molecule has 21 heavy (non-hydrogen) atoms. The molecule has 0 aliphatic carbocycles. The Kier molecular flexibility index (Phi) is 4.93. The molecule has 0 aliphatic rings. The summed E-state index contributed by atoms with van der Waals surface area (Å²) in [6.45, 7) is 6.83. The number of aromatic nitrogens is 1. The lowest BCUT2D eigenvalue weighted by Crippen LogP contribution is -2.15. The molecule has 1 amide bonds. The van der Waals surface area contributed by atoms with Gasteiger partial charge in [0.15, 0.2) is 0 Å². The smallest absolute Gasteiger partial charge is 0.257 e. The number of carbonyl (C=O) groups is 1. The lowest BCUT2D eigenvalue weighted by molar-refractivity contribution is 0.102. The lowest BCUT2D eigenvalue weighted by atomic mass is 10.1. The van der Waals surface area contributed by atoms with Crippen molar-refractivity contribution in [3.05, 3.63) is 53.3 Å². The molecule has 4 nitrogen and oxygen atoms in total. The van der Waals surface area contributed by atoms with Gasteiger partial charge in [0, 0.05) is 29.8 Å². The molecule has 1 aromatic carbocycles. The fourth-order valence-corrected chi connectivity index (χ4v) is 2.08. The van der Waals surface area contributed by atoms with Gasteiger partial charge in [0.1, 0.15) is 0 Å². The van der Waals surface area contributed by atoms with Crippen molar-refractivity contribution in [1.82, 2.24) is 4.98 Å². The number of nitrogens with zero attached hydrogens (tertiary/aromatic N) is 1. The highest BCUT2D eigenvalue weighted by Crippen LogP contribution is 2.19. The second-order valence-electron chi connectivity index (χ2n) is 5.12. The molecule has 2 N–H and O–H groups in total. The summed E-state index contributed by atoms with van der Waals surface area (Å²) >= 11 is 0. The number of hydrogen-bond donors (Lipinski definition) is 2. The Morgan fingerprint density at radius 1 is 1.19 bits per heavy atom. The van der Waals surface area contributed by atoms with Crippen LogP contribution < -0.4 is 10.6 Å². The van der Waals surface area contributed by atoms with Crippen LogP contribution in [0, 0.1) is 13.8 Å². The Morgan fingerprint density at radius 2 is 2.00 bits per heavy atom. The van der Waals surface area contributed by atoms with Crippen molar-refractivity contribution in [2.24, 2.45) is 0 Å². The van der Waals surface area contributed by atoms with Crippen LogP contribution >= 0.6 is 0 Å². The first-order chi connectivity index (χ1) is 10.1. The Morgan fingerprint density at radius 3 is 2.71 bits per heavy atom. The van der Waals surface area contributed by atoms with E-state index in [1.54, 1.807) is 12.3 Å². The highest BCUT2D eigenvalue weighted by Gasteiger charge is 2.12. The van der Waals surface area contributed by atoms with E-state index in [4.69, 9.17) is 0 Å². The highest BCUT2D eigenvalue weighted by molar-refractivity contribution is 6.08. The number of benzene rings is 1. The predicted molar refractivity (Wildman–Crippen MR) is 86.9 cm³/mol. The second-order valence-corrected chi connectivity index (χ2v) is 5.12. The summed E-state index contributed by atoms with van der Waals surface area (Å²) in [7, 11) is 0. The van der Waals surface area contributed by atoms with Gasteiger partial charge in [-0.3, -0.25) is 9.78 Å². The molecule has 2 rings (SSSR count). The number of pyridine rings is 1. The van der Waals surface area contributed by atoms with E-state index >= 15 is 0 Å². The third kappa shape index (κ3) is 4.05. The van der Waals surface area contributed by atoms with Crippen LogP contribution in [0.4, 0.5) is 11.4 Å². The van der Waals surface area contributed by atoms with E-state index in [1.165, 1.54) is 0 Å². The van der Waals surface area contributed by atoms with Crippen molar-refractivity contribution in [3.8, 4) is 0 Å². The summed E-state index contributed by atoms with van der Waals surface area (Å²) in [5.41, 5.74) is 4.23. The summed E-state index contributed by atoms with van der Waals surface area (Å²) in [6, 6.07) is 9.51. The number of hydrogen-bond acceptors (Lipinski definition) is 3. The van der Waals surface area contributed by atoms with Gasteiger partial charge in [-0.15, -0.1) is 0 Å². The van der Waals surface area contributed by atoms with Crippen molar-refractivity contribution >= 4 is 17.3 Å². The predicted octanol–water partition coefficient (Wildman–Crippen LogP) is 3.77. The van der Waals surface area contributed by atoms with Crippen molar-refractivity contribution in [2.45, 2.75) is 27.2 Å². The van der Waals surface area contributed by atoms with Crippen LogP contribution in [-0.2, 0) is 0 Å². The molecule has 1 aromatic heterocycles. The van der Waals surface area contributed by atoms with Gasteiger partial charge in [0.05, 0.1) is 5.56 Å². The maximum Gasteiger partial charge on any atom is 0.257 e. The molecule has 110 valence electrons. The third-order valence-corrected chi connectivity index (χ3v) is 3.14. The van der Waals surface area contributed by atoms with E-state index in [-0.39, 0.29) is 5.91 Å². The van der Waals surface area contributed by atoms with E-state index < -0.39 is 0 Å². The van der Waals surface area contributed by atoms with Crippen LogP contribution in [0.25, 0.3) is 0 Å². The molecule has 0 bridgehead atoms. The van der Waals surface area contributed by atoms with Gasteiger partial charge in [0.25, 0.3) is 5.91 Å². The molecule has 0 aliphatic heterocycles. The van der Waals surface area contributed by atoms with Crippen molar-refractivity contribution in [2.75, 3.05) is 17.2 Å². The Bertz CT molecular complexity index is 638. The third-order valence-electron chi connectivity index (χ3n) is 3.14. The fraction of sp³-hybridized carbons (Fsp3) is 0.294. The first kappa shape index (κ1) is 15.0. The normalized spacial score (nSPS) is 10.2. The molecule has 1 heterocycles. The van der Waals surface area contributed by atoms with Gasteiger partial charge in [-0.25, -0.2) is 0 Å². The van der Waals surface area contributed by atoms with Gasteiger partial charge >= 0.3 is 0 Å². The maximum absolute atomic E-state index is 12.5. The van der Waals surface area contributed by atoms with Crippen molar-refractivity contribution in [1.29, 1.82) is 0 Å². The van der Waals surface area contributed by atoms with E-state index in [9.17, 15) is 4.79 Å². The lowest BCUT2D eigenvalue weighted by Gasteiger charge is -2.13. The Hall–Kier alpha value is -2.36. The molecule has 0 fully saturated rings. The maximum atomic E-state index is 12.5. The SMILES string of the molecule is CCCNc1ccc(C)cc1C(=O)Nc1ccnc(C)c1. The first-order valence-electron chi connectivity index (χ1n) is 7.18. The summed E-state index contributed by atoms with van der Waals surface area (Å²) < 4.78 is 0. The molecule has 0 saturated heterocycles. The molecule has 0 saturated carbocycles. The number of nitrogens with one attached hydrogen (secondary N) is 2. The van der Waals surface area contributed by atoms with Crippen LogP contribution in [0.5, 0.6) is 0 Å². The molecule has 0 atom stereocenters. The Balaban J connectivity index is 2.23. The number of carbonyl (C=O) groups excluding carboxylic acids is 1. The van der Waals surface area contributed by atoms with E-state index in [2.05, 4.69) is 22.5 Å². The van der Waals surface area contributed by atoms with Crippen molar-refractivity contribution in [3.63, 3.8) is 0 Å². The molecule has 2 aromatic rings. The molecule has 0 unspecified atom stereocenters. The van der Waals surface area contributed by atoms with Crippen LogP contribution in [0.2, 0.25) is 0 Å². The average molecular weight is 283 g/mol. The monoisotopic (exact) mass is 283 g/mol. The zero-order chi connectivity index (χ0) is 15.2.